The van der Waals surface area contributed by atoms with Gasteiger partial charge in [-0.3, -0.25) is 0 Å². The van der Waals surface area contributed by atoms with Gasteiger partial charge in [-0.15, -0.1) is 35.1 Å². The number of benzene rings is 1. The molecule has 21 heavy (non-hydrogen) atoms. The van der Waals surface area contributed by atoms with Crippen molar-refractivity contribution in [3.63, 3.8) is 0 Å². The Balaban J connectivity index is 2.30. The van der Waals surface area contributed by atoms with Gasteiger partial charge in [-0.05, 0) is 41.7 Å². The van der Waals surface area contributed by atoms with Gasteiger partial charge in [-0.25, -0.2) is 0 Å². The summed E-state index contributed by atoms with van der Waals surface area (Å²) < 4.78 is 17.3. The molecule has 1 saturated heterocycles. The van der Waals surface area contributed by atoms with Crippen molar-refractivity contribution in [3.8, 4) is 17.2 Å². The van der Waals surface area contributed by atoms with Crippen LogP contribution in [0.15, 0.2) is 22.4 Å². The summed E-state index contributed by atoms with van der Waals surface area (Å²) in [4.78, 5) is 0. The van der Waals surface area contributed by atoms with Gasteiger partial charge in [0.15, 0.2) is 11.5 Å². The molecule has 116 valence electrons. The van der Waals surface area contributed by atoms with Crippen molar-refractivity contribution in [2.24, 2.45) is 0 Å². The quantitative estimate of drug-likeness (QED) is 0.720. The highest BCUT2D eigenvalue weighted by Crippen LogP contribution is 2.43. The van der Waals surface area contributed by atoms with Crippen LogP contribution in [-0.2, 0) is 0 Å². The smallest absolute Gasteiger partial charge is 0.203 e. The van der Waals surface area contributed by atoms with Gasteiger partial charge < -0.3 is 14.2 Å². The van der Waals surface area contributed by atoms with E-state index in [0.717, 1.165) is 17.1 Å². The van der Waals surface area contributed by atoms with Crippen LogP contribution in [0.2, 0.25) is 0 Å². The number of thioether (sulfide) groups is 2. The minimum absolute atomic E-state index is 0.216. The SMILES string of the molecule is COc1cc(C(Cl)C=C2SCCCS2)cc(OC)c1OC. The van der Waals surface area contributed by atoms with Crippen molar-refractivity contribution in [2.75, 3.05) is 32.8 Å². The lowest BCUT2D eigenvalue weighted by Gasteiger charge is -2.17. The largest absolute Gasteiger partial charge is 0.493 e. The van der Waals surface area contributed by atoms with Gasteiger partial charge in [-0.2, -0.15) is 0 Å². The molecule has 1 unspecified atom stereocenters. The van der Waals surface area contributed by atoms with E-state index in [0.29, 0.717) is 17.2 Å². The molecule has 1 aromatic carbocycles. The predicted octanol–water partition coefficient (Wildman–Crippen LogP) is 4.70. The zero-order chi connectivity index (χ0) is 15.2. The first-order chi connectivity index (χ1) is 10.2. The Hall–Kier alpha value is -0.650. The average molecular weight is 347 g/mol. The van der Waals surface area contributed by atoms with Crippen molar-refractivity contribution < 1.29 is 14.2 Å². The number of methoxy groups -OCH3 is 3. The van der Waals surface area contributed by atoms with E-state index in [-0.39, 0.29) is 5.38 Å². The van der Waals surface area contributed by atoms with Crippen molar-refractivity contribution in [3.05, 3.63) is 28.0 Å². The van der Waals surface area contributed by atoms with E-state index in [2.05, 4.69) is 6.08 Å². The minimum Gasteiger partial charge on any atom is -0.493 e. The number of ether oxygens (including phenoxy) is 3. The third kappa shape index (κ3) is 4.18. The molecule has 1 fully saturated rings. The summed E-state index contributed by atoms with van der Waals surface area (Å²) in [5.41, 5.74) is 0.936. The normalized spacial score (nSPS) is 16.3. The third-order valence-corrected chi connectivity index (χ3v) is 5.98. The third-order valence-electron chi connectivity index (χ3n) is 3.07. The number of alkyl halides is 1. The van der Waals surface area contributed by atoms with Crippen LogP contribution in [0.3, 0.4) is 0 Å². The summed E-state index contributed by atoms with van der Waals surface area (Å²) in [7, 11) is 4.81. The molecule has 3 nitrogen and oxygen atoms in total. The van der Waals surface area contributed by atoms with Gasteiger partial charge in [0.05, 0.1) is 26.7 Å². The molecule has 0 aromatic heterocycles. The second-order valence-electron chi connectivity index (χ2n) is 4.40. The summed E-state index contributed by atoms with van der Waals surface area (Å²) in [6, 6.07) is 3.79. The Morgan fingerprint density at radius 2 is 1.62 bits per heavy atom. The maximum atomic E-state index is 6.54. The second kappa shape index (κ2) is 8.11. The maximum Gasteiger partial charge on any atom is 0.203 e. The van der Waals surface area contributed by atoms with Crippen molar-refractivity contribution in [2.45, 2.75) is 11.8 Å². The zero-order valence-corrected chi connectivity index (χ0v) is 14.7. The van der Waals surface area contributed by atoms with Crippen molar-refractivity contribution in [1.82, 2.24) is 0 Å². The van der Waals surface area contributed by atoms with Gasteiger partial charge in [0.1, 0.15) is 0 Å². The fraction of sp³-hybridized carbons (Fsp3) is 0.467. The Morgan fingerprint density at radius 3 is 2.10 bits per heavy atom. The summed E-state index contributed by atoms with van der Waals surface area (Å²) in [5.74, 6) is 4.16. The van der Waals surface area contributed by atoms with Crippen LogP contribution >= 0.6 is 35.1 Å². The summed E-state index contributed by atoms with van der Waals surface area (Å²) in [6.45, 7) is 0. The lowest BCUT2D eigenvalue weighted by molar-refractivity contribution is 0.324. The molecule has 0 bridgehead atoms. The second-order valence-corrected chi connectivity index (χ2v) is 7.40. The molecule has 1 aliphatic rings. The molecule has 1 heterocycles. The van der Waals surface area contributed by atoms with Crippen molar-refractivity contribution >= 4 is 35.1 Å². The van der Waals surface area contributed by atoms with E-state index in [9.17, 15) is 0 Å². The fourth-order valence-electron chi connectivity index (χ4n) is 2.02. The Kier molecular flexibility index (Phi) is 6.45. The number of rotatable bonds is 5. The molecule has 1 aromatic rings. The molecule has 0 radical (unpaired) electrons. The molecular weight excluding hydrogens is 328 g/mol. The van der Waals surface area contributed by atoms with Gasteiger partial charge in [-0.1, -0.05) is 0 Å². The molecule has 0 saturated carbocycles. The zero-order valence-electron chi connectivity index (χ0n) is 12.3. The van der Waals surface area contributed by atoms with E-state index in [1.807, 2.05) is 35.7 Å². The standard InChI is InChI=1S/C15H19ClO3S2/c1-17-12-7-10(8-13(18-2)15(12)19-3)11(16)9-14-20-5-4-6-21-14/h7-9,11H,4-6H2,1-3H3. The monoisotopic (exact) mass is 346 g/mol. The number of halogens is 1. The molecule has 1 aliphatic heterocycles. The molecule has 0 spiro atoms. The summed E-state index contributed by atoms with van der Waals surface area (Å²) in [5, 5.41) is -0.216. The topological polar surface area (TPSA) is 27.7 Å². The average Bonchev–Trinajstić information content (AvgIpc) is 2.54. The van der Waals surface area contributed by atoms with Gasteiger partial charge >= 0.3 is 0 Å². The first-order valence-electron chi connectivity index (χ1n) is 6.61. The van der Waals surface area contributed by atoms with Crippen LogP contribution in [0, 0.1) is 0 Å². The van der Waals surface area contributed by atoms with Crippen LogP contribution in [0.4, 0.5) is 0 Å². The fourth-order valence-corrected chi connectivity index (χ4v) is 4.88. The highest BCUT2D eigenvalue weighted by atomic mass is 35.5. The van der Waals surface area contributed by atoms with Gasteiger partial charge in [0.2, 0.25) is 5.75 Å². The molecule has 0 amide bonds. The van der Waals surface area contributed by atoms with Crippen LogP contribution in [-0.4, -0.2) is 32.8 Å². The maximum absolute atomic E-state index is 6.54. The van der Waals surface area contributed by atoms with E-state index >= 15 is 0 Å². The van der Waals surface area contributed by atoms with Gasteiger partial charge in [0, 0.05) is 4.24 Å². The highest BCUT2D eigenvalue weighted by Gasteiger charge is 2.17. The Bertz CT molecular complexity index is 487. The van der Waals surface area contributed by atoms with Crippen LogP contribution in [0.5, 0.6) is 17.2 Å². The van der Waals surface area contributed by atoms with Crippen LogP contribution in [0.1, 0.15) is 17.4 Å². The molecule has 0 aliphatic carbocycles. The van der Waals surface area contributed by atoms with E-state index in [1.165, 1.54) is 10.7 Å². The first-order valence-corrected chi connectivity index (χ1v) is 9.01. The molecule has 6 heteroatoms. The highest BCUT2D eigenvalue weighted by molar-refractivity contribution is 8.22. The van der Waals surface area contributed by atoms with Crippen LogP contribution < -0.4 is 14.2 Å². The Labute approximate surface area is 139 Å². The summed E-state index contributed by atoms with van der Waals surface area (Å²) >= 11 is 10.3. The molecule has 0 N–H and O–H groups in total. The van der Waals surface area contributed by atoms with Crippen molar-refractivity contribution in [1.29, 1.82) is 0 Å². The number of allylic oxidation sites excluding steroid dienone is 1. The van der Waals surface area contributed by atoms with Gasteiger partial charge in [0.25, 0.3) is 0 Å². The molecule has 1 atom stereocenters. The van der Waals surface area contributed by atoms with Crippen LogP contribution in [0.25, 0.3) is 0 Å². The van der Waals surface area contributed by atoms with E-state index < -0.39 is 0 Å². The lowest BCUT2D eigenvalue weighted by atomic mass is 10.1. The molecular formula is C15H19ClO3S2. The van der Waals surface area contributed by atoms with E-state index in [4.69, 9.17) is 25.8 Å². The Morgan fingerprint density at radius 1 is 1.05 bits per heavy atom. The summed E-state index contributed by atoms with van der Waals surface area (Å²) in [6.07, 6.45) is 3.35. The predicted molar refractivity (Wildman–Crippen MR) is 92.3 cm³/mol. The lowest BCUT2D eigenvalue weighted by Crippen LogP contribution is -1.98. The number of hydrogen-bond donors (Lipinski definition) is 0. The minimum atomic E-state index is -0.216. The first kappa shape index (κ1) is 16.7. The number of hydrogen-bond acceptors (Lipinski definition) is 5. The van der Waals surface area contributed by atoms with E-state index in [1.54, 1.807) is 21.3 Å². The molecule has 2 rings (SSSR count).